The topological polar surface area (TPSA) is 40.5 Å². The maximum absolute atomic E-state index is 9.43. The van der Waals surface area contributed by atoms with Crippen LogP contribution < -0.4 is 0 Å². The zero-order valence-corrected chi connectivity index (χ0v) is 7.72. The van der Waals surface area contributed by atoms with E-state index in [2.05, 4.69) is 0 Å². The molecule has 1 unspecified atom stereocenters. The van der Waals surface area contributed by atoms with E-state index in [-0.39, 0.29) is 5.76 Å². The van der Waals surface area contributed by atoms with Crippen LogP contribution in [-0.2, 0) is 0 Å². The second-order valence-electron chi connectivity index (χ2n) is 3.40. The van der Waals surface area contributed by atoms with E-state index in [1.807, 2.05) is 30.3 Å². The highest BCUT2D eigenvalue weighted by Gasteiger charge is 2.12. The lowest BCUT2D eigenvalue weighted by molar-refractivity contribution is 0.200. The zero-order chi connectivity index (χ0) is 9.97. The van der Waals surface area contributed by atoms with E-state index in [9.17, 15) is 10.2 Å². The van der Waals surface area contributed by atoms with E-state index in [1.165, 1.54) is 0 Å². The maximum Gasteiger partial charge on any atom is 0.0957 e. The Balaban J connectivity index is 2.36. The lowest BCUT2D eigenvalue weighted by Crippen LogP contribution is -2.08. The highest BCUT2D eigenvalue weighted by molar-refractivity contribution is 5.75. The van der Waals surface area contributed by atoms with E-state index < -0.39 is 6.10 Å². The summed E-state index contributed by atoms with van der Waals surface area (Å²) in [6.45, 7) is 0. The van der Waals surface area contributed by atoms with E-state index in [0.29, 0.717) is 6.42 Å². The van der Waals surface area contributed by atoms with E-state index in [1.54, 1.807) is 12.2 Å². The Labute approximate surface area is 82.8 Å². The van der Waals surface area contributed by atoms with E-state index >= 15 is 0 Å². The molecule has 0 fully saturated rings. The van der Waals surface area contributed by atoms with Crippen molar-refractivity contribution >= 4 is 5.57 Å². The van der Waals surface area contributed by atoms with Crippen LogP contribution in [0.5, 0.6) is 0 Å². The van der Waals surface area contributed by atoms with Gasteiger partial charge in [-0.2, -0.15) is 0 Å². The zero-order valence-electron chi connectivity index (χ0n) is 7.72. The Hall–Kier alpha value is -1.54. The minimum absolute atomic E-state index is 0.235. The van der Waals surface area contributed by atoms with Crippen molar-refractivity contribution in [2.45, 2.75) is 12.5 Å². The van der Waals surface area contributed by atoms with Gasteiger partial charge in [0.05, 0.1) is 11.9 Å². The Kier molecular flexibility index (Phi) is 2.37. The Bertz CT molecular complexity index is 377. The van der Waals surface area contributed by atoms with Crippen LogP contribution in [0.1, 0.15) is 12.0 Å². The number of benzene rings is 1. The van der Waals surface area contributed by atoms with Crippen LogP contribution in [0.4, 0.5) is 0 Å². The van der Waals surface area contributed by atoms with Gasteiger partial charge in [0.25, 0.3) is 0 Å². The third-order valence-electron chi connectivity index (χ3n) is 2.22. The van der Waals surface area contributed by atoms with Crippen molar-refractivity contribution in [3.05, 3.63) is 53.8 Å². The summed E-state index contributed by atoms with van der Waals surface area (Å²) in [5.41, 5.74) is 1.89. The molecular weight excluding hydrogens is 176 g/mol. The van der Waals surface area contributed by atoms with Crippen LogP contribution in [-0.4, -0.2) is 16.3 Å². The predicted molar refractivity (Wildman–Crippen MR) is 55.8 cm³/mol. The largest absolute Gasteiger partial charge is 0.512 e. The molecule has 2 rings (SSSR count). The summed E-state index contributed by atoms with van der Waals surface area (Å²) in [6, 6.07) is 9.71. The molecule has 1 aromatic rings. The number of hydrogen-bond acceptors (Lipinski definition) is 2. The van der Waals surface area contributed by atoms with Gasteiger partial charge in [-0.25, -0.2) is 0 Å². The first-order chi connectivity index (χ1) is 6.75. The van der Waals surface area contributed by atoms with Crippen molar-refractivity contribution in [2.24, 2.45) is 0 Å². The van der Waals surface area contributed by atoms with Crippen molar-refractivity contribution in [1.29, 1.82) is 0 Å². The van der Waals surface area contributed by atoms with Gasteiger partial charge in [-0.1, -0.05) is 30.3 Å². The van der Waals surface area contributed by atoms with Gasteiger partial charge in [-0.15, -0.1) is 0 Å². The standard InChI is InChI=1S/C12H12O2/c13-11-6-10(7-12(14)8-11)9-4-2-1-3-5-9/h1-7,11,13-14H,8H2. The molecule has 0 radical (unpaired) electrons. The first-order valence-corrected chi connectivity index (χ1v) is 4.60. The molecular formula is C12H12O2. The van der Waals surface area contributed by atoms with Crippen molar-refractivity contribution in [3.63, 3.8) is 0 Å². The molecule has 0 bridgehead atoms. The molecule has 14 heavy (non-hydrogen) atoms. The second-order valence-corrected chi connectivity index (χ2v) is 3.40. The predicted octanol–water partition coefficient (Wildman–Crippen LogP) is 2.28. The fourth-order valence-corrected chi connectivity index (χ4v) is 1.58. The normalized spacial score (nSPS) is 21.4. The quantitative estimate of drug-likeness (QED) is 0.709. The van der Waals surface area contributed by atoms with E-state index in [0.717, 1.165) is 11.1 Å². The molecule has 1 aliphatic rings. The smallest absolute Gasteiger partial charge is 0.0957 e. The van der Waals surface area contributed by atoms with Crippen molar-refractivity contribution in [2.75, 3.05) is 0 Å². The molecule has 0 heterocycles. The second kappa shape index (κ2) is 3.68. The first kappa shape index (κ1) is 9.03. The molecule has 0 spiro atoms. The lowest BCUT2D eigenvalue weighted by atomic mass is 9.97. The molecule has 0 aromatic heterocycles. The number of aliphatic hydroxyl groups is 2. The van der Waals surface area contributed by atoms with Crippen LogP contribution in [0.3, 0.4) is 0 Å². The van der Waals surface area contributed by atoms with E-state index in [4.69, 9.17) is 0 Å². The van der Waals surface area contributed by atoms with Crippen molar-refractivity contribution < 1.29 is 10.2 Å². The van der Waals surface area contributed by atoms with Gasteiger partial charge in [-0.3, -0.25) is 0 Å². The third-order valence-corrected chi connectivity index (χ3v) is 2.22. The average molecular weight is 188 g/mol. The Morgan fingerprint density at radius 3 is 2.50 bits per heavy atom. The molecule has 2 nitrogen and oxygen atoms in total. The van der Waals surface area contributed by atoms with Crippen LogP contribution in [0.2, 0.25) is 0 Å². The Morgan fingerprint density at radius 1 is 1.14 bits per heavy atom. The SMILES string of the molecule is OC1=CC(c2ccccc2)=CC(O)C1. The molecule has 0 saturated carbocycles. The monoisotopic (exact) mass is 188 g/mol. The van der Waals surface area contributed by atoms with Gasteiger partial charge in [-0.05, 0) is 23.3 Å². The number of aliphatic hydroxyl groups excluding tert-OH is 2. The highest BCUT2D eigenvalue weighted by Crippen LogP contribution is 2.23. The molecule has 1 aliphatic carbocycles. The van der Waals surface area contributed by atoms with Crippen molar-refractivity contribution in [1.82, 2.24) is 0 Å². The number of allylic oxidation sites excluding steroid dienone is 2. The molecule has 0 amide bonds. The Morgan fingerprint density at radius 2 is 1.86 bits per heavy atom. The lowest BCUT2D eigenvalue weighted by Gasteiger charge is -2.14. The summed E-state index contributed by atoms with van der Waals surface area (Å²) in [7, 11) is 0. The molecule has 0 saturated heterocycles. The summed E-state index contributed by atoms with van der Waals surface area (Å²) >= 11 is 0. The van der Waals surface area contributed by atoms with Gasteiger partial charge >= 0.3 is 0 Å². The molecule has 72 valence electrons. The van der Waals surface area contributed by atoms with Crippen LogP contribution in [0.25, 0.3) is 5.57 Å². The van der Waals surface area contributed by atoms with Gasteiger partial charge in [0, 0.05) is 6.42 Å². The highest BCUT2D eigenvalue weighted by atomic mass is 16.3. The van der Waals surface area contributed by atoms with Gasteiger partial charge < -0.3 is 10.2 Å². The minimum atomic E-state index is -0.574. The summed E-state index contributed by atoms with van der Waals surface area (Å²) in [5.74, 6) is 0.235. The number of hydrogen-bond donors (Lipinski definition) is 2. The van der Waals surface area contributed by atoms with Crippen LogP contribution in [0.15, 0.2) is 48.2 Å². The minimum Gasteiger partial charge on any atom is -0.512 e. The summed E-state index contributed by atoms with van der Waals surface area (Å²) < 4.78 is 0. The summed E-state index contributed by atoms with van der Waals surface area (Å²) in [4.78, 5) is 0. The van der Waals surface area contributed by atoms with Gasteiger partial charge in [0.1, 0.15) is 0 Å². The number of rotatable bonds is 1. The first-order valence-electron chi connectivity index (χ1n) is 4.60. The molecule has 2 heteroatoms. The van der Waals surface area contributed by atoms with Crippen molar-refractivity contribution in [3.8, 4) is 0 Å². The van der Waals surface area contributed by atoms with Gasteiger partial charge in [0.2, 0.25) is 0 Å². The van der Waals surface area contributed by atoms with Crippen LogP contribution in [0, 0.1) is 0 Å². The van der Waals surface area contributed by atoms with Crippen LogP contribution >= 0.6 is 0 Å². The maximum atomic E-state index is 9.43. The fraction of sp³-hybridized carbons (Fsp3) is 0.167. The molecule has 0 aliphatic heterocycles. The molecule has 1 atom stereocenters. The average Bonchev–Trinajstić information content (AvgIpc) is 2.18. The van der Waals surface area contributed by atoms with Gasteiger partial charge in [0.15, 0.2) is 0 Å². The third kappa shape index (κ3) is 1.86. The summed E-state index contributed by atoms with van der Waals surface area (Å²) in [6.07, 6.45) is 3.20. The molecule has 1 aromatic carbocycles. The summed E-state index contributed by atoms with van der Waals surface area (Å²) in [5, 5.41) is 18.8. The molecule has 2 N–H and O–H groups in total. The fourth-order valence-electron chi connectivity index (χ4n) is 1.58.